The highest BCUT2D eigenvalue weighted by atomic mass is 32.2. The van der Waals surface area contributed by atoms with E-state index in [0.717, 1.165) is 5.69 Å². The van der Waals surface area contributed by atoms with Gasteiger partial charge in [-0.05, 0) is 36.6 Å². The lowest BCUT2D eigenvalue weighted by atomic mass is 10.1. The van der Waals surface area contributed by atoms with E-state index in [2.05, 4.69) is 35.2 Å². The molecule has 0 radical (unpaired) electrons. The third kappa shape index (κ3) is 4.56. The molecule has 1 N–H and O–H groups in total. The third-order valence-electron chi connectivity index (χ3n) is 3.44. The van der Waals surface area contributed by atoms with E-state index < -0.39 is 0 Å². The number of thioether (sulfide) groups is 1. The second kappa shape index (κ2) is 8.46. The first-order valence-corrected chi connectivity index (χ1v) is 8.71. The molecule has 1 atom stereocenters. The van der Waals surface area contributed by atoms with Gasteiger partial charge in [-0.2, -0.15) is 5.26 Å². The van der Waals surface area contributed by atoms with Crippen molar-refractivity contribution in [2.75, 3.05) is 5.32 Å². The number of hydrogen-bond donors (Lipinski definition) is 1. The van der Waals surface area contributed by atoms with Crippen LogP contribution in [0, 0.1) is 11.3 Å². The molecule has 0 bridgehead atoms. The number of anilines is 1. The number of nitrogens with one attached hydrogen (secondary N) is 1. The van der Waals surface area contributed by atoms with Gasteiger partial charge in [0.15, 0.2) is 0 Å². The highest BCUT2D eigenvalue weighted by Gasteiger charge is 2.21. The van der Waals surface area contributed by atoms with Gasteiger partial charge >= 0.3 is 0 Å². The van der Waals surface area contributed by atoms with Crippen LogP contribution in [0.2, 0.25) is 0 Å². The van der Waals surface area contributed by atoms with E-state index in [9.17, 15) is 10.1 Å². The molecule has 0 saturated carbocycles. The molecule has 0 aliphatic heterocycles. The molecule has 5 nitrogen and oxygen atoms in total. The van der Waals surface area contributed by atoms with Crippen LogP contribution in [0.15, 0.2) is 41.7 Å². The number of nitriles is 1. The van der Waals surface area contributed by atoms with Crippen LogP contribution in [-0.2, 0) is 4.79 Å². The second-order valence-corrected chi connectivity index (χ2v) is 6.79. The van der Waals surface area contributed by atoms with E-state index >= 15 is 0 Å². The normalized spacial score (nSPS) is 11.8. The first-order valence-electron chi connectivity index (χ1n) is 7.83. The van der Waals surface area contributed by atoms with Crippen LogP contribution in [0.3, 0.4) is 0 Å². The molecule has 2 heterocycles. The number of carbonyl (C=O) groups is 1. The molecule has 1 unspecified atom stereocenters. The van der Waals surface area contributed by atoms with Gasteiger partial charge in [-0.25, -0.2) is 4.98 Å². The Morgan fingerprint density at radius 1 is 1.38 bits per heavy atom. The molecule has 2 aromatic rings. The highest BCUT2D eigenvalue weighted by molar-refractivity contribution is 8.00. The summed E-state index contributed by atoms with van der Waals surface area (Å²) in [6, 6.07) is 9.36. The number of nitrogens with zero attached hydrogens (tertiary/aromatic N) is 3. The minimum absolute atomic E-state index is 0.115. The van der Waals surface area contributed by atoms with Crippen LogP contribution in [0.25, 0.3) is 0 Å². The van der Waals surface area contributed by atoms with E-state index in [1.807, 2.05) is 13.0 Å². The quantitative estimate of drug-likeness (QED) is 0.805. The lowest BCUT2D eigenvalue weighted by molar-refractivity contribution is -0.115. The van der Waals surface area contributed by atoms with Gasteiger partial charge in [-0.15, -0.1) is 0 Å². The molecule has 0 spiro atoms. The summed E-state index contributed by atoms with van der Waals surface area (Å²) in [4.78, 5) is 21.1. The predicted molar refractivity (Wildman–Crippen MR) is 95.8 cm³/mol. The fourth-order valence-electron chi connectivity index (χ4n) is 2.07. The molecule has 0 aromatic carbocycles. The largest absolute Gasteiger partial charge is 0.324 e. The van der Waals surface area contributed by atoms with Crippen LogP contribution in [0.5, 0.6) is 0 Å². The molecule has 0 saturated heterocycles. The Morgan fingerprint density at radius 3 is 2.75 bits per heavy atom. The highest BCUT2D eigenvalue weighted by Crippen LogP contribution is 2.29. The van der Waals surface area contributed by atoms with Crippen LogP contribution in [0.4, 0.5) is 5.69 Å². The van der Waals surface area contributed by atoms with Gasteiger partial charge in [0.05, 0.1) is 22.7 Å². The summed E-state index contributed by atoms with van der Waals surface area (Å²) in [5.74, 6) is 0.150. The first kappa shape index (κ1) is 18.0. The Morgan fingerprint density at radius 2 is 2.17 bits per heavy atom. The van der Waals surface area contributed by atoms with Crippen LogP contribution >= 0.6 is 11.8 Å². The summed E-state index contributed by atoms with van der Waals surface area (Å²) in [5.41, 5.74) is 2.07. The van der Waals surface area contributed by atoms with E-state index in [4.69, 9.17) is 0 Å². The maximum atomic E-state index is 12.5. The third-order valence-corrected chi connectivity index (χ3v) is 4.81. The Bertz CT molecular complexity index is 740. The zero-order valence-electron chi connectivity index (χ0n) is 14.0. The van der Waals surface area contributed by atoms with Crippen molar-refractivity contribution in [3.05, 3.63) is 47.9 Å². The molecular formula is C18H20N4OS. The molecule has 0 aliphatic rings. The maximum absolute atomic E-state index is 12.5. The van der Waals surface area contributed by atoms with Crippen molar-refractivity contribution in [3.63, 3.8) is 0 Å². The number of pyridine rings is 2. The Kier molecular flexibility index (Phi) is 6.33. The number of carbonyl (C=O) groups excluding carboxylic acids is 1. The van der Waals surface area contributed by atoms with E-state index in [-0.39, 0.29) is 17.1 Å². The van der Waals surface area contributed by atoms with Crippen LogP contribution in [-0.4, -0.2) is 21.1 Å². The van der Waals surface area contributed by atoms with Gasteiger partial charge in [0, 0.05) is 11.9 Å². The first-order chi connectivity index (χ1) is 11.5. The van der Waals surface area contributed by atoms with Crippen LogP contribution < -0.4 is 5.32 Å². The lowest BCUT2D eigenvalue weighted by Crippen LogP contribution is -2.25. The van der Waals surface area contributed by atoms with Gasteiger partial charge in [0.1, 0.15) is 11.1 Å². The van der Waals surface area contributed by atoms with Crippen molar-refractivity contribution in [1.29, 1.82) is 5.26 Å². The lowest BCUT2D eigenvalue weighted by Gasteiger charge is -2.16. The van der Waals surface area contributed by atoms with E-state index in [0.29, 0.717) is 22.7 Å². The van der Waals surface area contributed by atoms with Gasteiger partial charge in [-0.1, -0.05) is 32.5 Å². The standard InChI is InChI=1S/C18H20N4OS/c1-4-16(17(23)21-14-6-5-9-20-11-14)24-18-13(10-19)7-8-15(22-18)12(2)3/h5-9,11-12,16H,4H2,1-3H3,(H,21,23). The topological polar surface area (TPSA) is 78.7 Å². The SMILES string of the molecule is CCC(Sc1nc(C(C)C)ccc1C#N)C(=O)Nc1cccnc1. The molecule has 124 valence electrons. The number of aromatic nitrogens is 2. The van der Waals surface area contributed by atoms with E-state index in [1.54, 1.807) is 30.6 Å². The molecule has 2 aromatic heterocycles. The minimum Gasteiger partial charge on any atom is -0.324 e. The molecule has 24 heavy (non-hydrogen) atoms. The Balaban J connectivity index is 2.19. The second-order valence-electron chi connectivity index (χ2n) is 5.60. The average Bonchev–Trinajstić information content (AvgIpc) is 2.60. The molecule has 6 heteroatoms. The smallest absolute Gasteiger partial charge is 0.237 e. The summed E-state index contributed by atoms with van der Waals surface area (Å²) >= 11 is 1.33. The zero-order valence-corrected chi connectivity index (χ0v) is 14.8. The Labute approximate surface area is 146 Å². The molecule has 2 rings (SSSR count). The van der Waals surface area contributed by atoms with Crippen molar-refractivity contribution in [1.82, 2.24) is 9.97 Å². The molecule has 0 fully saturated rings. The zero-order chi connectivity index (χ0) is 17.5. The summed E-state index contributed by atoms with van der Waals surface area (Å²) in [5, 5.41) is 12.4. The predicted octanol–water partition coefficient (Wildman–Crippen LogP) is 3.98. The van der Waals surface area contributed by atoms with Crippen LogP contribution in [0.1, 0.15) is 44.4 Å². The summed E-state index contributed by atoms with van der Waals surface area (Å²) < 4.78 is 0. The fourth-order valence-corrected chi connectivity index (χ4v) is 3.07. The van der Waals surface area contributed by atoms with Crippen molar-refractivity contribution in [2.24, 2.45) is 0 Å². The van der Waals surface area contributed by atoms with Gasteiger partial charge < -0.3 is 5.32 Å². The maximum Gasteiger partial charge on any atom is 0.237 e. The number of amides is 1. The van der Waals surface area contributed by atoms with Gasteiger partial charge in [0.25, 0.3) is 0 Å². The monoisotopic (exact) mass is 340 g/mol. The van der Waals surface area contributed by atoms with Crippen molar-refractivity contribution < 1.29 is 4.79 Å². The van der Waals surface area contributed by atoms with E-state index in [1.165, 1.54) is 11.8 Å². The van der Waals surface area contributed by atoms with Crippen molar-refractivity contribution in [3.8, 4) is 6.07 Å². The average molecular weight is 340 g/mol. The van der Waals surface area contributed by atoms with Gasteiger partial charge in [0.2, 0.25) is 5.91 Å². The summed E-state index contributed by atoms with van der Waals surface area (Å²) in [7, 11) is 0. The summed E-state index contributed by atoms with van der Waals surface area (Å²) in [6.07, 6.45) is 3.89. The molecular weight excluding hydrogens is 320 g/mol. The minimum atomic E-state index is -0.327. The summed E-state index contributed by atoms with van der Waals surface area (Å²) in [6.45, 7) is 6.04. The van der Waals surface area contributed by atoms with Crippen molar-refractivity contribution in [2.45, 2.75) is 43.4 Å². The van der Waals surface area contributed by atoms with Crippen molar-refractivity contribution >= 4 is 23.4 Å². The number of hydrogen-bond acceptors (Lipinski definition) is 5. The van der Waals surface area contributed by atoms with Gasteiger partial charge in [-0.3, -0.25) is 9.78 Å². The molecule has 1 amide bonds. The fraction of sp³-hybridized carbons (Fsp3) is 0.333. The number of rotatable bonds is 6. The Hall–Kier alpha value is -2.39. The molecule has 0 aliphatic carbocycles.